The van der Waals surface area contributed by atoms with Gasteiger partial charge in [-0.3, -0.25) is 4.79 Å². The lowest BCUT2D eigenvalue weighted by atomic mass is 10.1. The molecule has 1 rings (SSSR count). The van der Waals surface area contributed by atoms with Crippen LogP contribution < -0.4 is 11.5 Å². The summed E-state index contributed by atoms with van der Waals surface area (Å²) in [6, 6.07) is 0. The predicted molar refractivity (Wildman–Crippen MR) is 69.4 cm³/mol. The van der Waals surface area contributed by atoms with Crippen molar-refractivity contribution in [1.29, 1.82) is 0 Å². The summed E-state index contributed by atoms with van der Waals surface area (Å²) in [5.74, 6) is -1.48. The van der Waals surface area contributed by atoms with Crippen LogP contribution in [0, 0.1) is 0 Å². The van der Waals surface area contributed by atoms with Gasteiger partial charge in [-0.05, 0) is 13.8 Å². The fourth-order valence-corrected chi connectivity index (χ4v) is 1.60. The smallest absolute Gasteiger partial charge is 0.352 e. The van der Waals surface area contributed by atoms with Crippen molar-refractivity contribution in [3.05, 3.63) is 11.1 Å². The molecule has 0 radical (unpaired) electrons. The Morgan fingerprint density at radius 3 is 2.53 bits per heavy atom. The number of nitrogen functional groups attached to an aromatic ring is 1. The van der Waals surface area contributed by atoms with E-state index in [2.05, 4.69) is 14.9 Å². The van der Waals surface area contributed by atoms with Crippen LogP contribution in [0.25, 0.3) is 0 Å². The van der Waals surface area contributed by atoms with Crippen molar-refractivity contribution in [1.82, 2.24) is 4.98 Å². The number of carbonyl (C=O) groups is 2. The summed E-state index contributed by atoms with van der Waals surface area (Å²) in [5, 5.41) is 5.35. The van der Waals surface area contributed by atoms with Gasteiger partial charge in [0.15, 0.2) is 10.8 Å². The third-order valence-corrected chi connectivity index (χ3v) is 2.71. The Morgan fingerprint density at radius 2 is 2.11 bits per heavy atom. The molecule has 9 heteroatoms. The van der Waals surface area contributed by atoms with E-state index >= 15 is 0 Å². The molecule has 0 spiro atoms. The van der Waals surface area contributed by atoms with Crippen LogP contribution in [0.4, 0.5) is 5.13 Å². The number of nitrogens with two attached hydrogens (primary N) is 2. The van der Waals surface area contributed by atoms with E-state index in [-0.39, 0.29) is 16.5 Å². The number of aromatic nitrogens is 1. The first-order chi connectivity index (χ1) is 8.77. The van der Waals surface area contributed by atoms with Crippen molar-refractivity contribution < 1.29 is 19.2 Å². The van der Waals surface area contributed by atoms with Crippen LogP contribution in [-0.2, 0) is 19.2 Å². The molecule has 19 heavy (non-hydrogen) atoms. The Kier molecular flexibility index (Phi) is 4.43. The number of nitrogens with zero attached hydrogens (tertiary/aromatic N) is 2. The highest BCUT2D eigenvalue weighted by Crippen LogP contribution is 2.15. The highest BCUT2D eigenvalue weighted by molar-refractivity contribution is 7.13. The normalized spacial score (nSPS) is 12.1. The number of amides is 1. The first-order valence-electron chi connectivity index (χ1n) is 5.13. The number of carbonyl (C=O) groups excluding carboxylic acids is 2. The van der Waals surface area contributed by atoms with Crippen LogP contribution in [0.2, 0.25) is 0 Å². The lowest BCUT2D eigenvalue weighted by molar-refractivity contribution is -0.165. The van der Waals surface area contributed by atoms with Gasteiger partial charge in [-0.15, -0.1) is 11.3 Å². The van der Waals surface area contributed by atoms with Crippen LogP contribution in [0.15, 0.2) is 10.5 Å². The van der Waals surface area contributed by atoms with Crippen LogP contribution in [0.1, 0.15) is 19.5 Å². The first-order valence-corrected chi connectivity index (χ1v) is 6.01. The van der Waals surface area contributed by atoms with E-state index in [1.54, 1.807) is 0 Å². The van der Waals surface area contributed by atoms with Gasteiger partial charge in [0.05, 0.1) is 7.11 Å². The molecule has 0 unspecified atom stereocenters. The SMILES string of the molecule is COC(=O)C(C)(C)ON=C(C(N)=O)c1csc(N)n1. The number of rotatable bonds is 5. The average Bonchev–Trinajstić information content (AvgIpc) is 2.74. The van der Waals surface area contributed by atoms with Gasteiger partial charge in [0, 0.05) is 5.38 Å². The Labute approximate surface area is 113 Å². The minimum absolute atomic E-state index is 0.190. The molecule has 1 amide bonds. The number of anilines is 1. The van der Waals surface area contributed by atoms with Gasteiger partial charge in [-0.25, -0.2) is 9.78 Å². The molecule has 104 valence electrons. The van der Waals surface area contributed by atoms with E-state index in [1.165, 1.54) is 26.3 Å². The number of methoxy groups -OCH3 is 1. The highest BCUT2D eigenvalue weighted by atomic mass is 32.1. The number of hydrogen-bond acceptors (Lipinski definition) is 8. The minimum atomic E-state index is -1.35. The van der Waals surface area contributed by atoms with E-state index in [4.69, 9.17) is 16.3 Å². The van der Waals surface area contributed by atoms with Crippen LogP contribution in [0.3, 0.4) is 0 Å². The van der Waals surface area contributed by atoms with E-state index in [0.29, 0.717) is 0 Å². The lowest BCUT2D eigenvalue weighted by Crippen LogP contribution is -2.35. The molecule has 0 aliphatic heterocycles. The number of thiazole rings is 1. The zero-order valence-corrected chi connectivity index (χ0v) is 11.5. The average molecular weight is 286 g/mol. The Morgan fingerprint density at radius 1 is 1.47 bits per heavy atom. The molecule has 8 nitrogen and oxygen atoms in total. The molecule has 1 heterocycles. The number of esters is 1. The van der Waals surface area contributed by atoms with E-state index < -0.39 is 17.5 Å². The fraction of sp³-hybridized carbons (Fsp3) is 0.400. The van der Waals surface area contributed by atoms with E-state index in [9.17, 15) is 9.59 Å². The first kappa shape index (κ1) is 14.9. The highest BCUT2D eigenvalue weighted by Gasteiger charge is 2.32. The third kappa shape index (κ3) is 3.65. The van der Waals surface area contributed by atoms with Crippen molar-refractivity contribution in [2.75, 3.05) is 12.8 Å². The number of oxime groups is 1. The molecule has 4 N–H and O–H groups in total. The number of hydrogen-bond donors (Lipinski definition) is 2. The summed E-state index contributed by atoms with van der Waals surface area (Å²) < 4.78 is 4.53. The van der Waals surface area contributed by atoms with Crippen molar-refractivity contribution in [3.63, 3.8) is 0 Å². The largest absolute Gasteiger partial charge is 0.466 e. The fourth-order valence-electron chi connectivity index (χ4n) is 1.06. The molecule has 0 saturated heterocycles. The molecule has 0 atom stereocenters. The molecule has 1 aromatic rings. The Hall–Kier alpha value is -2.16. The van der Waals surface area contributed by atoms with Gasteiger partial charge < -0.3 is 21.0 Å². The van der Waals surface area contributed by atoms with Gasteiger partial charge in [0.2, 0.25) is 5.60 Å². The molecular weight excluding hydrogens is 272 g/mol. The molecule has 0 aliphatic carbocycles. The molecule has 1 aromatic heterocycles. The maximum atomic E-state index is 11.4. The van der Waals surface area contributed by atoms with Gasteiger partial charge >= 0.3 is 5.97 Å². The summed E-state index contributed by atoms with van der Waals surface area (Å²) >= 11 is 1.13. The molecule has 0 bridgehead atoms. The quantitative estimate of drug-likeness (QED) is 0.441. The summed E-state index contributed by atoms with van der Waals surface area (Å²) in [6.07, 6.45) is 0. The Bertz CT molecular complexity index is 523. The van der Waals surface area contributed by atoms with Crippen LogP contribution in [-0.4, -0.2) is 35.3 Å². The third-order valence-electron chi connectivity index (χ3n) is 2.04. The van der Waals surface area contributed by atoms with Crippen LogP contribution in [0.5, 0.6) is 0 Å². The standard InChI is InChI=1S/C10H14N4O4S/c1-10(2,8(16)17-3)18-14-6(7(11)15)5-4-19-9(12)13-5/h4H,1-3H3,(H2,11,15)(H2,12,13). The second kappa shape index (κ2) is 5.65. The summed E-state index contributed by atoms with van der Waals surface area (Å²) in [4.78, 5) is 31.5. The molecule has 0 aromatic carbocycles. The van der Waals surface area contributed by atoms with Gasteiger partial charge in [-0.1, -0.05) is 5.16 Å². The maximum absolute atomic E-state index is 11.4. The zero-order valence-electron chi connectivity index (χ0n) is 10.7. The number of ether oxygens (including phenoxy) is 1. The molecule has 0 aliphatic rings. The predicted octanol–water partition coefficient (Wildman–Crippen LogP) is -0.117. The molecule has 0 saturated carbocycles. The monoisotopic (exact) mass is 286 g/mol. The molecular formula is C10H14N4O4S. The van der Waals surface area contributed by atoms with E-state index in [1.807, 2.05) is 0 Å². The summed E-state index contributed by atoms with van der Waals surface area (Å²) in [5.41, 5.74) is 9.25. The van der Waals surface area contributed by atoms with E-state index in [0.717, 1.165) is 11.3 Å². The topological polar surface area (TPSA) is 130 Å². The van der Waals surface area contributed by atoms with Crippen molar-refractivity contribution in [2.24, 2.45) is 10.9 Å². The van der Waals surface area contributed by atoms with Gasteiger partial charge in [0.25, 0.3) is 5.91 Å². The second-order valence-corrected chi connectivity index (χ2v) is 4.86. The zero-order chi connectivity index (χ0) is 14.6. The van der Waals surface area contributed by atoms with Crippen molar-refractivity contribution in [3.8, 4) is 0 Å². The van der Waals surface area contributed by atoms with Gasteiger partial charge in [0.1, 0.15) is 5.69 Å². The van der Waals surface area contributed by atoms with Crippen molar-refractivity contribution >= 4 is 34.1 Å². The van der Waals surface area contributed by atoms with Crippen LogP contribution >= 0.6 is 11.3 Å². The molecule has 0 fully saturated rings. The summed E-state index contributed by atoms with van der Waals surface area (Å²) in [6.45, 7) is 2.88. The maximum Gasteiger partial charge on any atom is 0.352 e. The second-order valence-electron chi connectivity index (χ2n) is 3.97. The lowest BCUT2D eigenvalue weighted by Gasteiger charge is -2.18. The Balaban J connectivity index is 2.98. The van der Waals surface area contributed by atoms with Gasteiger partial charge in [-0.2, -0.15) is 0 Å². The minimum Gasteiger partial charge on any atom is -0.466 e. The summed E-state index contributed by atoms with van der Waals surface area (Å²) in [7, 11) is 1.22. The number of primary amides is 1. The van der Waals surface area contributed by atoms with Crippen molar-refractivity contribution in [2.45, 2.75) is 19.4 Å².